The van der Waals surface area contributed by atoms with Gasteiger partial charge in [0.2, 0.25) is 5.88 Å². The van der Waals surface area contributed by atoms with Gasteiger partial charge in [-0.25, -0.2) is 4.98 Å². The third-order valence-corrected chi connectivity index (χ3v) is 4.04. The van der Waals surface area contributed by atoms with E-state index in [1.807, 2.05) is 6.92 Å². The van der Waals surface area contributed by atoms with Crippen molar-refractivity contribution in [1.82, 2.24) is 14.9 Å². The van der Waals surface area contributed by atoms with Crippen LogP contribution in [0.2, 0.25) is 0 Å². The molecule has 104 valence electrons. The maximum Gasteiger partial charge on any atom is 0.222 e. The largest absolute Gasteiger partial charge is 0.474 e. The molecule has 0 aromatic carbocycles. The van der Waals surface area contributed by atoms with Crippen molar-refractivity contribution in [2.45, 2.75) is 44.6 Å². The van der Waals surface area contributed by atoms with Crippen molar-refractivity contribution in [2.75, 3.05) is 25.9 Å². The summed E-state index contributed by atoms with van der Waals surface area (Å²) in [5, 5.41) is 0. The number of hydrogen-bond acceptors (Lipinski definition) is 5. The van der Waals surface area contributed by atoms with Crippen molar-refractivity contribution in [3.63, 3.8) is 0 Å². The van der Waals surface area contributed by atoms with Crippen molar-refractivity contribution in [2.24, 2.45) is 0 Å². The zero-order valence-electron chi connectivity index (χ0n) is 11.7. The Bertz CT molecular complexity index is 465. The minimum atomic E-state index is 0.260. The second-order valence-electron chi connectivity index (χ2n) is 5.79. The Morgan fingerprint density at radius 3 is 2.47 bits per heavy atom. The summed E-state index contributed by atoms with van der Waals surface area (Å²) in [6.07, 6.45) is 4.72. The number of piperidine rings is 1. The molecule has 5 nitrogen and oxygen atoms in total. The van der Waals surface area contributed by atoms with Crippen LogP contribution >= 0.6 is 0 Å². The molecule has 2 heterocycles. The Kier molecular flexibility index (Phi) is 3.31. The minimum absolute atomic E-state index is 0.260. The number of hydrogen-bond donors (Lipinski definition) is 1. The quantitative estimate of drug-likeness (QED) is 0.898. The van der Waals surface area contributed by atoms with Crippen molar-refractivity contribution < 1.29 is 4.74 Å². The fourth-order valence-electron chi connectivity index (χ4n) is 2.43. The first kappa shape index (κ1) is 12.7. The first-order valence-electron chi connectivity index (χ1n) is 7.12. The molecule has 0 bridgehead atoms. The zero-order chi connectivity index (χ0) is 13.4. The van der Waals surface area contributed by atoms with E-state index in [2.05, 4.69) is 21.9 Å². The monoisotopic (exact) mass is 262 g/mol. The van der Waals surface area contributed by atoms with E-state index >= 15 is 0 Å². The SMILES string of the molecule is Cc1c(N)nc(C2CC2)nc1OC1CCN(C)CC1. The maximum absolute atomic E-state index is 6.08. The van der Waals surface area contributed by atoms with Crippen molar-refractivity contribution in [3.05, 3.63) is 11.4 Å². The highest BCUT2D eigenvalue weighted by Crippen LogP contribution is 2.39. The summed E-state index contributed by atoms with van der Waals surface area (Å²) in [5.74, 6) is 2.64. The van der Waals surface area contributed by atoms with Crippen LogP contribution in [0.5, 0.6) is 5.88 Å². The summed E-state index contributed by atoms with van der Waals surface area (Å²) in [5.41, 5.74) is 6.85. The topological polar surface area (TPSA) is 64.3 Å². The maximum atomic E-state index is 6.08. The van der Waals surface area contributed by atoms with Crippen LogP contribution in [-0.2, 0) is 0 Å². The summed E-state index contributed by atoms with van der Waals surface area (Å²) < 4.78 is 6.08. The van der Waals surface area contributed by atoms with Gasteiger partial charge in [-0.05, 0) is 39.7 Å². The molecular weight excluding hydrogens is 240 g/mol. The molecule has 1 aromatic heterocycles. The number of nitrogens with zero attached hydrogens (tertiary/aromatic N) is 3. The van der Waals surface area contributed by atoms with Gasteiger partial charge in [0.25, 0.3) is 0 Å². The van der Waals surface area contributed by atoms with E-state index < -0.39 is 0 Å². The normalized spacial score (nSPS) is 21.6. The number of rotatable bonds is 3. The van der Waals surface area contributed by atoms with Crippen molar-refractivity contribution >= 4 is 5.82 Å². The molecule has 0 amide bonds. The van der Waals surface area contributed by atoms with E-state index in [4.69, 9.17) is 10.5 Å². The molecule has 1 aliphatic heterocycles. The highest BCUT2D eigenvalue weighted by molar-refractivity contribution is 5.45. The van der Waals surface area contributed by atoms with E-state index in [0.717, 1.165) is 37.3 Å². The van der Waals surface area contributed by atoms with E-state index in [1.165, 1.54) is 12.8 Å². The van der Waals surface area contributed by atoms with E-state index in [1.54, 1.807) is 0 Å². The lowest BCUT2D eigenvalue weighted by Gasteiger charge is -2.29. The highest BCUT2D eigenvalue weighted by Gasteiger charge is 2.29. The van der Waals surface area contributed by atoms with Gasteiger partial charge in [0.1, 0.15) is 17.7 Å². The third kappa shape index (κ3) is 2.81. The van der Waals surface area contributed by atoms with Gasteiger partial charge in [0.15, 0.2) is 0 Å². The first-order valence-corrected chi connectivity index (χ1v) is 7.12. The predicted molar refractivity (Wildman–Crippen MR) is 74.3 cm³/mol. The fourth-order valence-corrected chi connectivity index (χ4v) is 2.43. The Hall–Kier alpha value is -1.36. The van der Waals surface area contributed by atoms with Crippen molar-refractivity contribution in [1.29, 1.82) is 0 Å². The van der Waals surface area contributed by atoms with Gasteiger partial charge in [-0.15, -0.1) is 0 Å². The van der Waals surface area contributed by atoms with E-state index in [9.17, 15) is 0 Å². The number of aromatic nitrogens is 2. The molecule has 0 radical (unpaired) electrons. The molecule has 1 aromatic rings. The van der Waals surface area contributed by atoms with Gasteiger partial charge < -0.3 is 15.4 Å². The van der Waals surface area contributed by atoms with E-state index in [0.29, 0.717) is 17.6 Å². The number of ether oxygens (including phenoxy) is 1. The molecule has 1 saturated carbocycles. The molecule has 2 fully saturated rings. The average molecular weight is 262 g/mol. The standard InChI is InChI=1S/C14H22N4O/c1-9-12(15)16-13(10-3-4-10)17-14(9)19-11-5-7-18(2)8-6-11/h10-11H,3-8H2,1-2H3,(H2,15,16,17). The molecule has 2 N–H and O–H groups in total. The van der Waals surface area contributed by atoms with Gasteiger partial charge in [-0.3, -0.25) is 0 Å². The summed E-state index contributed by atoms with van der Waals surface area (Å²) in [6, 6.07) is 0. The molecule has 0 atom stereocenters. The fraction of sp³-hybridized carbons (Fsp3) is 0.714. The van der Waals surface area contributed by atoms with Gasteiger partial charge in [0, 0.05) is 19.0 Å². The number of likely N-dealkylation sites (tertiary alicyclic amines) is 1. The number of nitrogen functional groups attached to an aromatic ring is 1. The molecule has 0 unspecified atom stereocenters. The van der Waals surface area contributed by atoms with Crippen molar-refractivity contribution in [3.8, 4) is 5.88 Å². The Balaban J connectivity index is 1.75. The summed E-state index contributed by atoms with van der Waals surface area (Å²) in [7, 11) is 2.15. The molecule has 3 rings (SSSR count). The van der Waals surface area contributed by atoms with Gasteiger partial charge in [-0.2, -0.15) is 4.98 Å². The smallest absolute Gasteiger partial charge is 0.222 e. The Labute approximate surface area is 114 Å². The van der Waals surface area contributed by atoms with Gasteiger partial charge in [-0.1, -0.05) is 0 Å². The molecule has 1 saturated heterocycles. The number of anilines is 1. The van der Waals surface area contributed by atoms with Crippen LogP contribution in [0.4, 0.5) is 5.82 Å². The molecule has 0 spiro atoms. The number of nitrogens with two attached hydrogens (primary N) is 1. The first-order chi connectivity index (χ1) is 9.13. The Morgan fingerprint density at radius 2 is 1.84 bits per heavy atom. The lowest BCUT2D eigenvalue weighted by Crippen LogP contribution is -2.36. The molecule has 2 aliphatic rings. The van der Waals surface area contributed by atoms with Gasteiger partial charge in [0.05, 0.1) is 5.56 Å². The predicted octanol–water partition coefficient (Wildman–Crippen LogP) is 1.72. The summed E-state index contributed by atoms with van der Waals surface area (Å²) in [6.45, 7) is 4.11. The van der Waals surface area contributed by atoms with Crippen LogP contribution in [0.15, 0.2) is 0 Å². The lowest BCUT2D eigenvalue weighted by atomic mass is 10.1. The molecule has 1 aliphatic carbocycles. The molecule has 19 heavy (non-hydrogen) atoms. The van der Waals surface area contributed by atoms with Gasteiger partial charge >= 0.3 is 0 Å². The summed E-state index contributed by atoms with van der Waals surface area (Å²) >= 11 is 0. The minimum Gasteiger partial charge on any atom is -0.474 e. The lowest BCUT2D eigenvalue weighted by molar-refractivity contribution is 0.109. The Morgan fingerprint density at radius 1 is 1.16 bits per heavy atom. The summed E-state index contributed by atoms with van der Waals surface area (Å²) in [4.78, 5) is 11.3. The average Bonchev–Trinajstić information content (AvgIpc) is 3.21. The van der Waals surface area contributed by atoms with Crippen LogP contribution in [0.3, 0.4) is 0 Å². The van der Waals surface area contributed by atoms with Crippen LogP contribution in [0.1, 0.15) is 43.0 Å². The zero-order valence-corrected chi connectivity index (χ0v) is 11.7. The van der Waals surface area contributed by atoms with Crippen LogP contribution in [0, 0.1) is 6.92 Å². The molecule has 5 heteroatoms. The second kappa shape index (κ2) is 4.96. The van der Waals surface area contributed by atoms with Crippen LogP contribution < -0.4 is 10.5 Å². The van der Waals surface area contributed by atoms with E-state index in [-0.39, 0.29) is 6.10 Å². The van der Waals surface area contributed by atoms with Crippen LogP contribution in [-0.4, -0.2) is 41.1 Å². The highest BCUT2D eigenvalue weighted by atomic mass is 16.5. The third-order valence-electron chi connectivity index (χ3n) is 4.04. The van der Waals surface area contributed by atoms with Crippen LogP contribution in [0.25, 0.3) is 0 Å². The molecular formula is C14H22N4O. The second-order valence-corrected chi connectivity index (χ2v) is 5.79.